The Morgan fingerprint density at radius 1 is 1.26 bits per heavy atom. The number of hydrogen-bond acceptors (Lipinski definition) is 6. The van der Waals surface area contributed by atoms with Crippen LogP contribution < -0.4 is 0 Å². The molecule has 1 aliphatic rings. The first kappa shape index (κ1) is 21.8. The van der Waals surface area contributed by atoms with E-state index in [1.165, 1.54) is 11.3 Å². The number of esters is 1. The van der Waals surface area contributed by atoms with Crippen molar-refractivity contribution in [2.75, 3.05) is 19.7 Å². The van der Waals surface area contributed by atoms with Crippen LogP contribution in [0.25, 0.3) is 10.2 Å². The molecular formula is C22H24ClN3O4S. The van der Waals surface area contributed by atoms with Gasteiger partial charge in [0.15, 0.2) is 6.61 Å². The van der Waals surface area contributed by atoms with Gasteiger partial charge in [0.2, 0.25) is 0 Å². The van der Waals surface area contributed by atoms with E-state index in [2.05, 4.69) is 5.10 Å². The summed E-state index contributed by atoms with van der Waals surface area (Å²) in [6.07, 6.45) is -0.0647. The highest BCUT2D eigenvalue weighted by atomic mass is 35.5. The molecule has 0 N–H and O–H groups in total. The Morgan fingerprint density at radius 2 is 1.97 bits per heavy atom. The minimum absolute atomic E-state index is 0.0324. The monoisotopic (exact) mass is 461 g/mol. The molecule has 164 valence electrons. The molecule has 1 aliphatic heterocycles. The van der Waals surface area contributed by atoms with Crippen LogP contribution >= 0.6 is 22.9 Å². The maximum absolute atomic E-state index is 12.6. The number of morpholine rings is 1. The van der Waals surface area contributed by atoms with Crippen LogP contribution in [0.1, 0.15) is 34.8 Å². The van der Waals surface area contributed by atoms with Gasteiger partial charge < -0.3 is 14.4 Å². The number of halogens is 1. The molecule has 1 aromatic carbocycles. The van der Waals surface area contributed by atoms with E-state index in [1.807, 2.05) is 49.7 Å². The summed E-state index contributed by atoms with van der Waals surface area (Å²) < 4.78 is 12.8. The SMILES string of the molecule is Cc1nn(Cc2ccccc2Cl)c2sc(C(=O)OCC(=O)N3CC(C)OC(C)C3)cc12. The summed E-state index contributed by atoms with van der Waals surface area (Å²) in [5, 5.41) is 6.15. The third kappa shape index (κ3) is 4.76. The van der Waals surface area contributed by atoms with Crippen molar-refractivity contribution in [1.82, 2.24) is 14.7 Å². The lowest BCUT2D eigenvalue weighted by molar-refractivity contribution is -0.146. The second-order valence-electron chi connectivity index (χ2n) is 7.80. The molecule has 1 saturated heterocycles. The summed E-state index contributed by atoms with van der Waals surface area (Å²) in [5.41, 5.74) is 1.77. The molecule has 31 heavy (non-hydrogen) atoms. The van der Waals surface area contributed by atoms with Gasteiger partial charge in [-0.3, -0.25) is 9.48 Å². The fourth-order valence-electron chi connectivity index (χ4n) is 3.78. The zero-order valence-corrected chi connectivity index (χ0v) is 19.2. The predicted molar refractivity (Wildman–Crippen MR) is 120 cm³/mol. The molecule has 0 bridgehead atoms. The topological polar surface area (TPSA) is 73.7 Å². The summed E-state index contributed by atoms with van der Waals surface area (Å²) in [6, 6.07) is 9.38. The van der Waals surface area contributed by atoms with Crippen molar-refractivity contribution in [3.8, 4) is 0 Å². The van der Waals surface area contributed by atoms with E-state index in [0.717, 1.165) is 21.5 Å². The van der Waals surface area contributed by atoms with Crippen molar-refractivity contribution in [3.63, 3.8) is 0 Å². The van der Waals surface area contributed by atoms with E-state index in [9.17, 15) is 9.59 Å². The minimum atomic E-state index is -0.507. The minimum Gasteiger partial charge on any atom is -0.451 e. The Hall–Kier alpha value is -2.42. The standard InChI is InChI=1S/C22H24ClN3O4S/c1-13-9-25(10-14(2)30-13)20(27)12-29-22(28)19-8-17-15(3)24-26(21(17)31-19)11-16-6-4-5-7-18(16)23/h4-8,13-14H,9-12H2,1-3H3. The van der Waals surface area contributed by atoms with Gasteiger partial charge in [0, 0.05) is 23.5 Å². The van der Waals surface area contributed by atoms with Gasteiger partial charge in [-0.1, -0.05) is 29.8 Å². The Bertz CT molecular complexity index is 1120. The molecule has 9 heteroatoms. The second-order valence-corrected chi connectivity index (χ2v) is 9.23. The van der Waals surface area contributed by atoms with E-state index in [0.29, 0.717) is 29.5 Å². The zero-order chi connectivity index (χ0) is 22.1. The number of ether oxygens (including phenoxy) is 2. The lowest BCUT2D eigenvalue weighted by Gasteiger charge is -2.35. The number of aryl methyl sites for hydroxylation is 1. The third-order valence-electron chi connectivity index (χ3n) is 5.19. The molecule has 7 nitrogen and oxygen atoms in total. The van der Waals surface area contributed by atoms with Gasteiger partial charge in [-0.05, 0) is 38.5 Å². The lowest BCUT2D eigenvalue weighted by atomic mass is 10.2. The van der Waals surface area contributed by atoms with Crippen LogP contribution in [0, 0.1) is 6.92 Å². The highest BCUT2D eigenvalue weighted by Gasteiger charge is 2.27. The quantitative estimate of drug-likeness (QED) is 0.539. The van der Waals surface area contributed by atoms with Gasteiger partial charge in [-0.2, -0.15) is 5.10 Å². The number of rotatable bonds is 5. The van der Waals surface area contributed by atoms with Gasteiger partial charge in [0.1, 0.15) is 9.71 Å². The maximum atomic E-state index is 12.6. The molecule has 3 aromatic rings. The van der Waals surface area contributed by atoms with Gasteiger partial charge in [0.05, 0.1) is 24.4 Å². The summed E-state index contributed by atoms with van der Waals surface area (Å²) in [5.74, 6) is -0.717. The van der Waals surface area contributed by atoms with Crippen LogP contribution in [0.2, 0.25) is 5.02 Å². The van der Waals surface area contributed by atoms with Crippen LogP contribution in [0.3, 0.4) is 0 Å². The van der Waals surface area contributed by atoms with Crippen LogP contribution in [0.4, 0.5) is 0 Å². The first-order valence-corrected chi connectivity index (χ1v) is 11.3. The van der Waals surface area contributed by atoms with Crippen molar-refractivity contribution in [2.45, 2.75) is 39.5 Å². The average molecular weight is 462 g/mol. The molecule has 0 spiro atoms. The van der Waals surface area contributed by atoms with E-state index in [4.69, 9.17) is 21.1 Å². The molecule has 0 radical (unpaired) electrons. The van der Waals surface area contributed by atoms with E-state index < -0.39 is 5.97 Å². The molecule has 4 rings (SSSR count). The molecule has 0 aliphatic carbocycles. The number of thiophene rings is 1. The molecule has 1 amide bonds. The van der Waals surface area contributed by atoms with Crippen molar-refractivity contribution in [1.29, 1.82) is 0 Å². The van der Waals surface area contributed by atoms with Gasteiger partial charge in [0.25, 0.3) is 5.91 Å². The first-order valence-electron chi connectivity index (χ1n) is 10.1. The summed E-state index contributed by atoms with van der Waals surface area (Å²) in [4.78, 5) is 28.1. The largest absolute Gasteiger partial charge is 0.451 e. The number of hydrogen-bond donors (Lipinski definition) is 0. The Labute approximate surface area is 189 Å². The fourth-order valence-corrected chi connectivity index (χ4v) is 5.03. The highest BCUT2D eigenvalue weighted by molar-refractivity contribution is 7.20. The van der Waals surface area contributed by atoms with Crippen LogP contribution in [-0.2, 0) is 20.8 Å². The van der Waals surface area contributed by atoms with Gasteiger partial charge >= 0.3 is 5.97 Å². The summed E-state index contributed by atoms with van der Waals surface area (Å²) in [6.45, 7) is 6.97. The first-order chi connectivity index (χ1) is 14.8. The van der Waals surface area contributed by atoms with E-state index >= 15 is 0 Å². The average Bonchev–Trinajstić information content (AvgIpc) is 3.28. The number of aromatic nitrogens is 2. The second kappa shape index (κ2) is 8.98. The molecule has 3 heterocycles. The number of carbonyl (C=O) groups is 2. The van der Waals surface area contributed by atoms with Crippen LogP contribution in [0.5, 0.6) is 0 Å². The van der Waals surface area contributed by atoms with Gasteiger partial charge in [-0.15, -0.1) is 11.3 Å². The molecule has 2 aromatic heterocycles. The van der Waals surface area contributed by atoms with Crippen molar-refractivity contribution >= 4 is 45.0 Å². The summed E-state index contributed by atoms with van der Waals surface area (Å²) in [7, 11) is 0. The number of fused-ring (bicyclic) bond motifs is 1. The normalized spacial score (nSPS) is 19.0. The number of carbonyl (C=O) groups excluding carboxylic acids is 2. The zero-order valence-electron chi connectivity index (χ0n) is 17.6. The third-order valence-corrected chi connectivity index (χ3v) is 6.68. The fraction of sp³-hybridized carbons (Fsp3) is 0.409. The van der Waals surface area contributed by atoms with E-state index in [-0.39, 0.29) is 24.7 Å². The predicted octanol–water partition coefficient (Wildman–Crippen LogP) is 3.90. The molecule has 0 saturated carbocycles. The molecule has 1 fully saturated rings. The summed E-state index contributed by atoms with van der Waals surface area (Å²) >= 11 is 7.59. The van der Waals surface area contributed by atoms with Crippen molar-refractivity contribution in [2.24, 2.45) is 0 Å². The smallest absolute Gasteiger partial charge is 0.348 e. The molecular weight excluding hydrogens is 438 g/mol. The van der Waals surface area contributed by atoms with Crippen LogP contribution in [-0.4, -0.2) is 58.5 Å². The Balaban J connectivity index is 1.45. The van der Waals surface area contributed by atoms with E-state index in [1.54, 1.807) is 11.0 Å². The Kier molecular flexibility index (Phi) is 6.31. The molecule has 2 atom stereocenters. The number of nitrogens with zero attached hydrogens (tertiary/aromatic N) is 3. The maximum Gasteiger partial charge on any atom is 0.348 e. The number of amides is 1. The highest BCUT2D eigenvalue weighted by Crippen LogP contribution is 2.30. The Morgan fingerprint density at radius 3 is 2.68 bits per heavy atom. The van der Waals surface area contributed by atoms with Gasteiger partial charge in [-0.25, -0.2) is 4.79 Å². The lowest BCUT2D eigenvalue weighted by Crippen LogP contribution is -2.49. The van der Waals surface area contributed by atoms with Crippen molar-refractivity contribution < 1.29 is 19.1 Å². The number of benzene rings is 1. The molecule has 2 unspecified atom stereocenters. The van der Waals surface area contributed by atoms with Crippen LogP contribution in [0.15, 0.2) is 30.3 Å². The van der Waals surface area contributed by atoms with Crippen molar-refractivity contribution in [3.05, 3.63) is 51.5 Å².